The molecule has 2 rings (SSSR count). The van der Waals surface area contributed by atoms with Crippen LogP contribution in [0.2, 0.25) is 0 Å². The minimum absolute atomic E-state index is 0.0393. The average Bonchev–Trinajstić information content (AvgIpc) is 2.50. The first kappa shape index (κ1) is 15.9. The van der Waals surface area contributed by atoms with Crippen LogP contribution in [0.3, 0.4) is 0 Å². The summed E-state index contributed by atoms with van der Waals surface area (Å²) in [7, 11) is 0. The summed E-state index contributed by atoms with van der Waals surface area (Å²) in [5.41, 5.74) is 9.34. The Labute approximate surface area is 132 Å². The molecule has 2 aromatic carbocycles. The Balaban J connectivity index is 1.87. The van der Waals surface area contributed by atoms with Crippen molar-refractivity contribution in [3.05, 3.63) is 59.7 Å². The molecule has 1 unspecified atom stereocenters. The number of nitrogens with zero attached hydrogens (tertiary/aromatic N) is 1. The highest BCUT2D eigenvalue weighted by Gasteiger charge is 2.03. The van der Waals surface area contributed by atoms with E-state index in [1.54, 1.807) is 0 Å². The molecule has 1 atom stereocenters. The zero-order valence-corrected chi connectivity index (χ0v) is 13.3. The standard InChI is InChI=1S/C18H23N3O/c1-13-9-10-16(11-14(13)2)21-18(19)20-12-15(3)22-17-7-5-4-6-8-17/h4-11,15H,12H2,1-3H3,(H3,19,20,21). The number of hydrogen-bond donors (Lipinski definition) is 2. The van der Waals surface area contributed by atoms with Gasteiger partial charge in [0.2, 0.25) is 0 Å². The van der Waals surface area contributed by atoms with Crippen molar-refractivity contribution in [2.45, 2.75) is 26.9 Å². The van der Waals surface area contributed by atoms with Gasteiger partial charge in [-0.15, -0.1) is 0 Å². The molecule has 0 bridgehead atoms. The molecule has 22 heavy (non-hydrogen) atoms. The first-order valence-electron chi connectivity index (χ1n) is 7.40. The van der Waals surface area contributed by atoms with Crippen molar-refractivity contribution < 1.29 is 4.74 Å². The molecule has 0 fully saturated rings. The summed E-state index contributed by atoms with van der Waals surface area (Å²) in [6.45, 7) is 6.63. The van der Waals surface area contributed by atoms with E-state index in [0.29, 0.717) is 12.5 Å². The molecule has 0 saturated carbocycles. The monoisotopic (exact) mass is 297 g/mol. The summed E-state index contributed by atoms with van der Waals surface area (Å²) in [4.78, 5) is 4.33. The molecule has 0 aliphatic carbocycles. The van der Waals surface area contributed by atoms with Crippen molar-refractivity contribution in [1.82, 2.24) is 0 Å². The fourth-order valence-electron chi connectivity index (χ4n) is 2.00. The molecule has 4 heteroatoms. The smallest absolute Gasteiger partial charge is 0.193 e. The number of ether oxygens (including phenoxy) is 1. The number of anilines is 1. The topological polar surface area (TPSA) is 59.6 Å². The molecule has 0 saturated heterocycles. The number of nitrogens with one attached hydrogen (secondary N) is 1. The minimum Gasteiger partial charge on any atom is -0.489 e. The SMILES string of the molecule is Cc1ccc(NC(N)=NCC(C)Oc2ccccc2)cc1C. The number of rotatable bonds is 5. The number of hydrogen-bond acceptors (Lipinski definition) is 2. The van der Waals surface area contributed by atoms with Crippen LogP contribution in [0.25, 0.3) is 0 Å². The van der Waals surface area contributed by atoms with Crippen LogP contribution in [0.5, 0.6) is 5.75 Å². The minimum atomic E-state index is -0.0393. The summed E-state index contributed by atoms with van der Waals surface area (Å²) in [6, 6.07) is 15.8. The second-order valence-corrected chi connectivity index (χ2v) is 5.39. The van der Waals surface area contributed by atoms with Gasteiger partial charge in [-0.25, -0.2) is 4.99 Å². The van der Waals surface area contributed by atoms with E-state index in [0.717, 1.165) is 11.4 Å². The van der Waals surface area contributed by atoms with Crippen LogP contribution in [-0.4, -0.2) is 18.6 Å². The highest BCUT2D eigenvalue weighted by Crippen LogP contribution is 2.14. The quantitative estimate of drug-likeness (QED) is 0.656. The largest absolute Gasteiger partial charge is 0.489 e. The molecule has 2 aromatic rings. The van der Waals surface area contributed by atoms with Gasteiger partial charge >= 0.3 is 0 Å². The van der Waals surface area contributed by atoms with Crippen LogP contribution in [0, 0.1) is 13.8 Å². The van der Waals surface area contributed by atoms with Crippen molar-refractivity contribution >= 4 is 11.6 Å². The van der Waals surface area contributed by atoms with Crippen LogP contribution in [0.15, 0.2) is 53.5 Å². The van der Waals surface area contributed by atoms with Gasteiger partial charge in [-0.2, -0.15) is 0 Å². The van der Waals surface area contributed by atoms with E-state index in [-0.39, 0.29) is 6.10 Å². The summed E-state index contributed by atoms with van der Waals surface area (Å²) in [6.07, 6.45) is -0.0393. The maximum Gasteiger partial charge on any atom is 0.193 e. The lowest BCUT2D eigenvalue weighted by Gasteiger charge is -2.13. The molecule has 0 amide bonds. The lowest BCUT2D eigenvalue weighted by Crippen LogP contribution is -2.25. The number of aliphatic imine (C=N–C) groups is 1. The van der Waals surface area contributed by atoms with Gasteiger partial charge in [0.05, 0.1) is 6.54 Å². The molecular formula is C18H23N3O. The highest BCUT2D eigenvalue weighted by atomic mass is 16.5. The molecule has 0 aliphatic heterocycles. The van der Waals surface area contributed by atoms with Crippen LogP contribution < -0.4 is 15.8 Å². The Kier molecular flexibility index (Phi) is 5.42. The summed E-state index contributed by atoms with van der Waals surface area (Å²) < 4.78 is 5.76. The summed E-state index contributed by atoms with van der Waals surface area (Å²) in [5, 5.41) is 3.10. The van der Waals surface area contributed by atoms with Crippen molar-refractivity contribution in [3.8, 4) is 5.75 Å². The van der Waals surface area contributed by atoms with Crippen molar-refractivity contribution in [2.24, 2.45) is 10.7 Å². The zero-order valence-electron chi connectivity index (χ0n) is 13.3. The Morgan fingerprint density at radius 1 is 1.14 bits per heavy atom. The molecule has 0 aliphatic rings. The summed E-state index contributed by atoms with van der Waals surface area (Å²) >= 11 is 0. The Hall–Kier alpha value is -2.49. The van der Waals surface area contributed by atoms with Gasteiger partial charge in [0.25, 0.3) is 0 Å². The molecule has 3 N–H and O–H groups in total. The number of benzene rings is 2. The van der Waals surface area contributed by atoms with E-state index in [1.165, 1.54) is 11.1 Å². The van der Waals surface area contributed by atoms with Gasteiger partial charge in [-0.1, -0.05) is 24.3 Å². The number of para-hydroxylation sites is 1. The Morgan fingerprint density at radius 2 is 1.86 bits per heavy atom. The summed E-state index contributed by atoms with van der Waals surface area (Å²) in [5.74, 6) is 1.23. The molecule has 116 valence electrons. The van der Waals surface area contributed by atoms with Gasteiger partial charge in [-0.3, -0.25) is 0 Å². The highest BCUT2D eigenvalue weighted by molar-refractivity contribution is 5.92. The lowest BCUT2D eigenvalue weighted by molar-refractivity contribution is 0.230. The van der Waals surface area contributed by atoms with E-state index in [9.17, 15) is 0 Å². The van der Waals surface area contributed by atoms with Gasteiger partial charge in [0.15, 0.2) is 5.96 Å². The number of aryl methyl sites for hydroxylation is 2. The molecule has 4 nitrogen and oxygen atoms in total. The Morgan fingerprint density at radius 3 is 2.55 bits per heavy atom. The third-order valence-electron chi connectivity index (χ3n) is 3.38. The number of nitrogens with two attached hydrogens (primary N) is 1. The predicted molar refractivity (Wildman–Crippen MR) is 92.6 cm³/mol. The lowest BCUT2D eigenvalue weighted by atomic mass is 10.1. The first-order valence-corrected chi connectivity index (χ1v) is 7.40. The van der Waals surface area contributed by atoms with Crippen molar-refractivity contribution in [3.63, 3.8) is 0 Å². The third kappa shape index (κ3) is 4.81. The van der Waals surface area contributed by atoms with Gasteiger partial charge < -0.3 is 15.8 Å². The van der Waals surface area contributed by atoms with Crippen LogP contribution in [-0.2, 0) is 0 Å². The first-order chi connectivity index (χ1) is 10.5. The van der Waals surface area contributed by atoms with E-state index in [1.807, 2.05) is 43.3 Å². The fraction of sp³-hybridized carbons (Fsp3) is 0.278. The van der Waals surface area contributed by atoms with Crippen LogP contribution >= 0.6 is 0 Å². The molecule has 0 aromatic heterocycles. The number of guanidine groups is 1. The Bertz CT molecular complexity index is 638. The maximum absolute atomic E-state index is 5.92. The normalized spacial score (nSPS) is 12.8. The van der Waals surface area contributed by atoms with Crippen LogP contribution in [0.4, 0.5) is 5.69 Å². The van der Waals surface area contributed by atoms with Crippen LogP contribution in [0.1, 0.15) is 18.1 Å². The van der Waals surface area contributed by atoms with Gasteiger partial charge in [0.1, 0.15) is 11.9 Å². The van der Waals surface area contributed by atoms with E-state index in [4.69, 9.17) is 10.5 Å². The second kappa shape index (κ2) is 7.50. The average molecular weight is 297 g/mol. The molecular weight excluding hydrogens is 274 g/mol. The maximum atomic E-state index is 5.92. The van der Waals surface area contributed by atoms with E-state index >= 15 is 0 Å². The molecule has 0 radical (unpaired) electrons. The predicted octanol–water partition coefficient (Wildman–Crippen LogP) is 3.50. The van der Waals surface area contributed by atoms with E-state index in [2.05, 4.69) is 36.3 Å². The van der Waals surface area contributed by atoms with Gasteiger partial charge in [0, 0.05) is 5.69 Å². The second-order valence-electron chi connectivity index (χ2n) is 5.39. The molecule has 0 spiro atoms. The van der Waals surface area contributed by atoms with E-state index < -0.39 is 0 Å². The fourth-order valence-corrected chi connectivity index (χ4v) is 2.00. The third-order valence-corrected chi connectivity index (χ3v) is 3.38. The van der Waals surface area contributed by atoms with Crippen molar-refractivity contribution in [2.75, 3.05) is 11.9 Å². The zero-order chi connectivity index (χ0) is 15.9. The van der Waals surface area contributed by atoms with Crippen molar-refractivity contribution in [1.29, 1.82) is 0 Å². The van der Waals surface area contributed by atoms with Gasteiger partial charge in [-0.05, 0) is 56.2 Å². The molecule has 0 heterocycles.